The van der Waals surface area contributed by atoms with E-state index in [1.165, 1.54) is 15.4 Å². The zero-order chi connectivity index (χ0) is 13.0. The maximum atomic E-state index is 5.99. The second-order valence-electron chi connectivity index (χ2n) is 4.14. The van der Waals surface area contributed by atoms with Crippen molar-refractivity contribution in [1.29, 1.82) is 0 Å². The van der Waals surface area contributed by atoms with Gasteiger partial charge in [-0.05, 0) is 48.4 Å². The van der Waals surface area contributed by atoms with Gasteiger partial charge in [0.2, 0.25) is 0 Å². The molecule has 94 valence electrons. The van der Waals surface area contributed by atoms with Gasteiger partial charge in [0.15, 0.2) is 0 Å². The van der Waals surface area contributed by atoms with Crippen molar-refractivity contribution in [3.63, 3.8) is 0 Å². The number of rotatable bonds is 4. The highest BCUT2D eigenvalue weighted by Crippen LogP contribution is 2.29. The van der Waals surface area contributed by atoms with Crippen LogP contribution in [0.5, 0.6) is 0 Å². The van der Waals surface area contributed by atoms with Crippen molar-refractivity contribution in [2.45, 2.75) is 29.2 Å². The van der Waals surface area contributed by atoms with Gasteiger partial charge in [-0.15, -0.1) is 0 Å². The largest absolute Gasteiger partial charge is 0.324 e. The maximum Gasteiger partial charge on any atom is 0.0406 e. The summed E-state index contributed by atoms with van der Waals surface area (Å²) in [5.41, 5.74) is 7.18. The summed E-state index contributed by atoms with van der Waals surface area (Å²) in [5.74, 6) is 0. The molecule has 0 saturated carbocycles. The summed E-state index contributed by atoms with van der Waals surface area (Å²) in [6.07, 6.45) is 0.962. The molecule has 0 radical (unpaired) electrons. The Bertz CT molecular complexity index is 493. The Hall–Kier alpha value is -0.960. The lowest BCUT2D eigenvalue weighted by Gasteiger charge is -2.09. The molecule has 18 heavy (non-hydrogen) atoms. The van der Waals surface area contributed by atoms with Crippen LogP contribution in [-0.2, 0) is 0 Å². The Morgan fingerprint density at radius 3 is 2.00 bits per heavy atom. The standard InChI is InChI=1S/C15H16ClNS/c1-2-15(17)11-3-7-13(8-4-11)18-14-9-5-12(16)6-10-14/h3-10,15H,2,17H2,1H3/t15-/m0/s1. The maximum absolute atomic E-state index is 5.99. The number of nitrogens with two attached hydrogens (primary N) is 1. The molecule has 3 heteroatoms. The van der Waals surface area contributed by atoms with Gasteiger partial charge in [0.25, 0.3) is 0 Å². The van der Waals surface area contributed by atoms with E-state index < -0.39 is 0 Å². The van der Waals surface area contributed by atoms with E-state index in [0.717, 1.165) is 11.4 Å². The Morgan fingerprint density at radius 1 is 1.00 bits per heavy atom. The molecule has 0 saturated heterocycles. The van der Waals surface area contributed by atoms with E-state index in [-0.39, 0.29) is 6.04 Å². The summed E-state index contributed by atoms with van der Waals surface area (Å²) in [5, 5.41) is 0.767. The topological polar surface area (TPSA) is 26.0 Å². The summed E-state index contributed by atoms with van der Waals surface area (Å²) < 4.78 is 0. The number of hydrogen-bond donors (Lipinski definition) is 1. The van der Waals surface area contributed by atoms with Crippen molar-refractivity contribution in [3.8, 4) is 0 Å². The Morgan fingerprint density at radius 2 is 1.50 bits per heavy atom. The van der Waals surface area contributed by atoms with Crippen LogP contribution in [0.4, 0.5) is 0 Å². The molecule has 0 aliphatic heterocycles. The highest BCUT2D eigenvalue weighted by atomic mass is 35.5. The lowest BCUT2D eigenvalue weighted by molar-refractivity contribution is 0.698. The Kier molecular flexibility index (Phi) is 4.70. The van der Waals surface area contributed by atoms with E-state index in [1.54, 1.807) is 11.8 Å². The number of hydrogen-bond acceptors (Lipinski definition) is 2. The molecule has 2 aromatic carbocycles. The van der Waals surface area contributed by atoms with Crippen molar-refractivity contribution in [1.82, 2.24) is 0 Å². The number of halogens is 1. The molecule has 0 bridgehead atoms. The molecule has 0 aromatic heterocycles. The first kappa shape index (κ1) is 13.5. The van der Waals surface area contributed by atoms with Gasteiger partial charge in [-0.2, -0.15) is 0 Å². The molecule has 1 nitrogen and oxygen atoms in total. The van der Waals surface area contributed by atoms with Gasteiger partial charge in [0.1, 0.15) is 0 Å². The molecule has 0 aliphatic rings. The molecular weight excluding hydrogens is 262 g/mol. The molecule has 0 unspecified atom stereocenters. The van der Waals surface area contributed by atoms with Gasteiger partial charge in [-0.1, -0.05) is 42.4 Å². The molecule has 0 aliphatic carbocycles. The van der Waals surface area contributed by atoms with Crippen LogP contribution in [0.2, 0.25) is 5.02 Å². The molecule has 0 heterocycles. The average molecular weight is 278 g/mol. The second-order valence-corrected chi connectivity index (χ2v) is 5.72. The monoisotopic (exact) mass is 277 g/mol. The zero-order valence-corrected chi connectivity index (χ0v) is 11.8. The first-order valence-electron chi connectivity index (χ1n) is 5.98. The van der Waals surface area contributed by atoms with E-state index in [2.05, 4.69) is 31.2 Å². The van der Waals surface area contributed by atoms with E-state index in [9.17, 15) is 0 Å². The fourth-order valence-electron chi connectivity index (χ4n) is 1.66. The fraction of sp³-hybridized carbons (Fsp3) is 0.200. The van der Waals surface area contributed by atoms with Crippen LogP contribution in [0.3, 0.4) is 0 Å². The fourth-order valence-corrected chi connectivity index (χ4v) is 2.60. The van der Waals surface area contributed by atoms with Crippen molar-refractivity contribution < 1.29 is 0 Å². The molecule has 2 aromatic rings. The summed E-state index contributed by atoms with van der Waals surface area (Å²) in [6.45, 7) is 2.10. The van der Waals surface area contributed by atoms with E-state index in [4.69, 9.17) is 17.3 Å². The van der Waals surface area contributed by atoms with Gasteiger partial charge in [0.05, 0.1) is 0 Å². The minimum atomic E-state index is 0.139. The highest BCUT2D eigenvalue weighted by Gasteiger charge is 2.03. The Balaban J connectivity index is 2.08. The molecule has 2 rings (SSSR count). The summed E-state index contributed by atoms with van der Waals surface area (Å²) in [4.78, 5) is 2.40. The first-order chi connectivity index (χ1) is 8.69. The van der Waals surface area contributed by atoms with Crippen LogP contribution in [0.1, 0.15) is 24.9 Å². The normalized spacial score (nSPS) is 12.4. The highest BCUT2D eigenvalue weighted by molar-refractivity contribution is 7.99. The molecule has 0 amide bonds. The van der Waals surface area contributed by atoms with Gasteiger partial charge < -0.3 is 5.73 Å². The summed E-state index contributed by atoms with van der Waals surface area (Å²) in [6, 6.07) is 16.4. The molecule has 2 N–H and O–H groups in total. The lowest BCUT2D eigenvalue weighted by Crippen LogP contribution is -2.07. The third-order valence-corrected chi connectivity index (χ3v) is 4.07. The van der Waals surface area contributed by atoms with Crippen molar-refractivity contribution in [2.75, 3.05) is 0 Å². The van der Waals surface area contributed by atoms with Gasteiger partial charge >= 0.3 is 0 Å². The van der Waals surface area contributed by atoms with Crippen molar-refractivity contribution >= 4 is 23.4 Å². The smallest absolute Gasteiger partial charge is 0.0406 e. The molecule has 0 fully saturated rings. The van der Waals surface area contributed by atoms with Gasteiger partial charge in [0, 0.05) is 20.9 Å². The lowest BCUT2D eigenvalue weighted by atomic mass is 10.1. The van der Waals surface area contributed by atoms with E-state index in [1.807, 2.05) is 24.3 Å². The Labute approximate surface area is 117 Å². The first-order valence-corrected chi connectivity index (χ1v) is 7.17. The summed E-state index contributed by atoms with van der Waals surface area (Å²) in [7, 11) is 0. The molecule has 0 spiro atoms. The average Bonchev–Trinajstić information content (AvgIpc) is 2.41. The molecule has 1 atom stereocenters. The molecular formula is C15H16ClNS. The van der Waals surface area contributed by atoms with Crippen LogP contribution in [0.25, 0.3) is 0 Å². The van der Waals surface area contributed by atoms with Crippen molar-refractivity contribution in [3.05, 3.63) is 59.1 Å². The van der Waals surface area contributed by atoms with Crippen LogP contribution in [-0.4, -0.2) is 0 Å². The number of benzene rings is 2. The van der Waals surface area contributed by atoms with Crippen LogP contribution < -0.4 is 5.73 Å². The van der Waals surface area contributed by atoms with Crippen LogP contribution in [0, 0.1) is 0 Å². The van der Waals surface area contributed by atoms with Crippen LogP contribution >= 0.6 is 23.4 Å². The third-order valence-electron chi connectivity index (χ3n) is 2.80. The predicted molar refractivity (Wildman–Crippen MR) is 79.2 cm³/mol. The van der Waals surface area contributed by atoms with E-state index >= 15 is 0 Å². The van der Waals surface area contributed by atoms with Crippen molar-refractivity contribution in [2.24, 2.45) is 5.73 Å². The minimum absolute atomic E-state index is 0.139. The van der Waals surface area contributed by atoms with Crippen LogP contribution in [0.15, 0.2) is 58.3 Å². The SMILES string of the molecule is CC[C@H](N)c1ccc(Sc2ccc(Cl)cc2)cc1. The zero-order valence-electron chi connectivity index (χ0n) is 10.3. The van der Waals surface area contributed by atoms with E-state index in [0.29, 0.717) is 0 Å². The van der Waals surface area contributed by atoms with Gasteiger partial charge in [-0.25, -0.2) is 0 Å². The summed E-state index contributed by atoms with van der Waals surface area (Å²) >= 11 is 7.59. The third kappa shape index (κ3) is 3.52. The predicted octanol–water partition coefficient (Wildman–Crippen LogP) is 4.90. The minimum Gasteiger partial charge on any atom is -0.324 e. The second kappa shape index (κ2) is 6.28. The quantitative estimate of drug-likeness (QED) is 0.860. The van der Waals surface area contributed by atoms with Gasteiger partial charge in [-0.3, -0.25) is 0 Å².